The predicted octanol–water partition coefficient (Wildman–Crippen LogP) is 4.13. The molecule has 11 nitrogen and oxygen atoms in total. The topological polar surface area (TPSA) is 142 Å². The molecule has 0 unspecified atom stereocenters. The number of Topliss-reactive ketones (excluding diaryl/α,β-unsaturated/α-hetero) is 1. The molecule has 0 aliphatic heterocycles. The number of benzene rings is 1. The maximum atomic E-state index is 15.2. The highest BCUT2D eigenvalue weighted by Crippen LogP contribution is 2.64. The van der Waals surface area contributed by atoms with E-state index in [0.29, 0.717) is 25.7 Å². The minimum Gasteiger partial charge on any atom is -0.508 e. The average molecular weight is 586 g/mol. The number of esters is 2. The van der Waals surface area contributed by atoms with Crippen LogP contribution < -0.4 is 4.74 Å². The van der Waals surface area contributed by atoms with Crippen LogP contribution in [0.4, 0.5) is 8.78 Å². The summed E-state index contributed by atoms with van der Waals surface area (Å²) in [6.07, 6.45) is 2.31. The van der Waals surface area contributed by atoms with Crippen molar-refractivity contribution < 1.29 is 52.2 Å². The molecule has 3 aliphatic carbocycles. The Labute approximate surface area is 237 Å². The average Bonchev–Trinajstić information content (AvgIpc) is 2.83. The lowest BCUT2D eigenvalue weighted by atomic mass is 9.44. The van der Waals surface area contributed by atoms with E-state index < -0.39 is 40.2 Å². The van der Waals surface area contributed by atoms with Crippen LogP contribution in [0, 0.1) is 27.4 Å². The molecule has 0 saturated heterocycles. The van der Waals surface area contributed by atoms with Crippen LogP contribution in [0.3, 0.4) is 0 Å². The fourth-order valence-electron chi connectivity index (χ4n) is 5.86. The van der Waals surface area contributed by atoms with Crippen molar-refractivity contribution >= 4 is 17.7 Å². The number of quaternary nitrogens is 1. The highest BCUT2D eigenvalue weighted by atomic mass is 19.3. The molecule has 2 bridgehead atoms. The molecule has 1 N–H and O–H groups in total. The van der Waals surface area contributed by atoms with Gasteiger partial charge in [0.15, 0.2) is 6.54 Å². The molecule has 13 heteroatoms. The minimum atomic E-state index is -4.17. The number of hydrogen-bond donors (Lipinski definition) is 1. The fraction of sp³-hybridized carbons (Fsp3) is 0.679. The Hall–Kier alpha value is -3.35. The summed E-state index contributed by atoms with van der Waals surface area (Å²) in [5.74, 6) is -8.29. The molecule has 41 heavy (non-hydrogen) atoms. The fourth-order valence-corrected chi connectivity index (χ4v) is 5.86. The molecule has 0 heterocycles. The number of rotatable bonds is 14. The van der Waals surface area contributed by atoms with Gasteiger partial charge in [0.25, 0.3) is 5.09 Å². The SMILES string of the molecule is CC1(C)[C@@H]2C[C@H]1C(=O)C[C@@H]2c1c(O)cc(C(F)(F)C(=O)OCCCCCCO[N+](=O)[O-])cc1OC(=O)C[N+](C)(C)C. The van der Waals surface area contributed by atoms with E-state index in [1.807, 2.05) is 13.8 Å². The third-order valence-corrected chi connectivity index (χ3v) is 8.04. The number of alkyl halides is 2. The Morgan fingerprint density at radius 3 is 2.34 bits per heavy atom. The monoisotopic (exact) mass is 585 g/mol. The molecule has 0 aromatic heterocycles. The third kappa shape index (κ3) is 7.49. The number of ketones is 1. The molecule has 1 aromatic rings. The maximum absolute atomic E-state index is 15.2. The molecule has 3 saturated carbocycles. The van der Waals surface area contributed by atoms with E-state index in [9.17, 15) is 29.6 Å². The predicted molar refractivity (Wildman–Crippen MR) is 141 cm³/mol. The smallest absolute Gasteiger partial charge is 0.381 e. The first-order chi connectivity index (χ1) is 18.9. The number of hydrogen-bond acceptors (Lipinski definition) is 9. The first-order valence-corrected chi connectivity index (χ1v) is 13.7. The van der Waals surface area contributed by atoms with Crippen molar-refractivity contribution in [3.8, 4) is 11.5 Å². The summed E-state index contributed by atoms with van der Waals surface area (Å²) >= 11 is 0. The summed E-state index contributed by atoms with van der Waals surface area (Å²) in [6.45, 7) is 3.42. The van der Waals surface area contributed by atoms with E-state index in [0.717, 1.165) is 12.1 Å². The summed E-state index contributed by atoms with van der Waals surface area (Å²) in [7, 11) is 5.24. The summed E-state index contributed by atoms with van der Waals surface area (Å²) in [6, 6.07) is 1.65. The molecule has 228 valence electrons. The van der Waals surface area contributed by atoms with Crippen molar-refractivity contribution in [3.63, 3.8) is 0 Å². The Balaban J connectivity index is 1.80. The zero-order valence-electron chi connectivity index (χ0n) is 24.1. The molecule has 0 amide bonds. The van der Waals surface area contributed by atoms with Gasteiger partial charge < -0.3 is 23.9 Å². The van der Waals surface area contributed by atoms with E-state index >= 15 is 8.78 Å². The van der Waals surface area contributed by atoms with Crippen LogP contribution in [0.15, 0.2) is 12.1 Å². The molecule has 0 radical (unpaired) electrons. The van der Waals surface area contributed by atoms with E-state index in [4.69, 9.17) is 9.47 Å². The van der Waals surface area contributed by atoms with Gasteiger partial charge in [0, 0.05) is 29.4 Å². The molecule has 3 atom stereocenters. The summed E-state index contributed by atoms with van der Waals surface area (Å²) in [4.78, 5) is 52.2. The lowest BCUT2D eigenvalue weighted by Crippen LogP contribution is -2.56. The summed E-state index contributed by atoms with van der Waals surface area (Å²) in [5.41, 5.74) is -1.15. The zero-order valence-corrected chi connectivity index (χ0v) is 24.1. The van der Waals surface area contributed by atoms with Gasteiger partial charge in [-0.1, -0.05) is 20.3 Å². The van der Waals surface area contributed by atoms with E-state index in [-0.39, 0.29) is 71.4 Å². The quantitative estimate of drug-likeness (QED) is 0.0852. The number of carbonyl (C=O) groups is 3. The molecule has 3 aliphatic rings. The Morgan fingerprint density at radius 2 is 1.78 bits per heavy atom. The third-order valence-electron chi connectivity index (χ3n) is 8.04. The Morgan fingerprint density at radius 1 is 1.15 bits per heavy atom. The summed E-state index contributed by atoms with van der Waals surface area (Å²) in [5, 5.41) is 20.2. The van der Waals surface area contributed by atoms with Crippen molar-refractivity contribution in [2.45, 2.75) is 64.2 Å². The second-order valence-electron chi connectivity index (χ2n) is 12.5. The van der Waals surface area contributed by atoms with Gasteiger partial charge in [-0.25, -0.2) is 9.59 Å². The number of likely N-dealkylation sites (N-methyl/N-ethyl adjacent to an activating group) is 1. The highest BCUT2D eigenvalue weighted by Gasteiger charge is 2.59. The van der Waals surface area contributed by atoms with Crippen LogP contribution >= 0.6 is 0 Å². The van der Waals surface area contributed by atoms with Gasteiger partial charge in [-0.3, -0.25) is 4.79 Å². The number of ether oxygens (including phenoxy) is 2. The van der Waals surface area contributed by atoms with E-state index in [2.05, 4.69) is 4.84 Å². The van der Waals surface area contributed by atoms with E-state index in [1.54, 1.807) is 21.1 Å². The standard InChI is InChI=1S/C28H38F2N2O9/c1-27(2)19-15-20(27)21(33)14-18(19)25-22(34)12-17(13-23(25)41-24(35)16-32(3,4)5)28(29,30)26(36)39-10-8-6-7-9-11-40-31(37)38/h12-13,18-20H,6-11,14-16H2,1-5H3/p+1/t18-,19+,20-/m0/s1. The second kappa shape index (κ2) is 12.3. The lowest BCUT2D eigenvalue weighted by molar-refractivity contribution is -0.862. The van der Waals surface area contributed by atoms with Crippen LogP contribution in [0.25, 0.3) is 0 Å². The number of unbranched alkanes of at least 4 members (excludes halogenated alkanes) is 3. The van der Waals surface area contributed by atoms with Gasteiger partial charge in [0.2, 0.25) is 0 Å². The van der Waals surface area contributed by atoms with Gasteiger partial charge in [0.1, 0.15) is 17.3 Å². The lowest BCUT2D eigenvalue weighted by Gasteiger charge is -2.59. The maximum Gasteiger partial charge on any atom is 0.381 e. The second-order valence-corrected chi connectivity index (χ2v) is 12.5. The first-order valence-electron chi connectivity index (χ1n) is 13.7. The van der Waals surface area contributed by atoms with Gasteiger partial charge in [-0.2, -0.15) is 8.78 Å². The molecule has 3 fully saturated rings. The molecular weight excluding hydrogens is 546 g/mol. The van der Waals surface area contributed by atoms with Gasteiger partial charge in [-0.05, 0) is 49.1 Å². The van der Waals surface area contributed by atoms with Gasteiger partial charge in [0.05, 0.1) is 34.4 Å². The van der Waals surface area contributed by atoms with Crippen LogP contribution in [0.1, 0.15) is 69.4 Å². The molecule has 1 aromatic carbocycles. The first kappa shape index (κ1) is 32.2. The van der Waals surface area contributed by atoms with Crippen LogP contribution in [-0.2, 0) is 29.9 Å². The largest absolute Gasteiger partial charge is 0.508 e. The van der Waals surface area contributed by atoms with Crippen molar-refractivity contribution in [1.29, 1.82) is 0 Å². The summed E-state index contributed by atoms with van der Waals surface area (Å²) < 4.78 is 41.0. The Kier molecular flexibility index (Phi) is 9.62. The highest BCUT2D eigenvalue weighted by molar-refractivity contribution is 5.86. The minimum absolute atomic E-state index is 0.00817. The zero-order chi connectivity index (χ0) is 30.8. The van der Waals surface area contributed by atoms with Crippen molar-refractivity contribution in [2.75, 3.05) is 40.9 Å². The van der Waals surface area contributed by atoms with Crippen molar-refractivity contribution in [1.82, 2.24) is 0 Å². The number of halogens is 2. The van der Waals surface area contributed by atoms with Crippen LogP contribution in [-0.4, -0.2) is 73.3 Å². The van der Waals surface area contributed by atoms with Gasteiger partial charge in [-0.15, -0.1) is 10.1 Å². The number of phenolic OH excluding ortho intramolecular Hbond substituents is 1. The van der Waals surface area contributed by atoms with Crippen LogP contribution in [0.5, 0.6) is 11.5 Å². The number of fused-ring (bicyclic) bond motifs is 2. The number of carbonyl (C=O) groups excluding carboxylic acids is 3. The molecule has 0 spiro atoms. The Bertz CT molecular complexity index is 1180. The van der Waals surface area contributed by atoms with Gasteiger partial charge >= 0.3 is 17.9 Å². The van der Waals surface area contributed by atoms with Crippen molar-refractivity contribution in [3.05, 3.63) is 33.4 Å². The van der Waals surface area contributed by atoms with Crippen molar-refractivity contribution in [2.24, 2.45) is 17.3 Å². The van der Waals surface area contributed by atoms with E-state index in [1.165, 1.54) is 0 Å². The number of phenols is 1. The molecular formula is C28H39F2N2O9+. The van der Waals surface area contributed by atoms with Crippen LogP contribution in [0.2, 0.25) is 0 Å². The number of nitrogens with zero attached hydrogens (tertiary/aromatic N) is 2. The number of aromatic hydroxyl groups is 1. The molecule has 4 rings (SSSR count). The normalized spacial score (nSPS) is 21.5.